The standard InChI is InChI=1S/C15H28N2O4/c1-3-4-11-21-12-7-9-16-14(20)17-10-6-5-8-15(17,2)13(18)19/h3-12H2,1-2H3,(H,16,20)(H,18,19). The van der Waals surface area contributed by atoms with Crippen molar-refractivity contribution in [1.82, 2.24) is 10.2 Å². The van der Waals surface area contributed by atoms with Gasteiger partial charge in [-0.1, -0.05) is 13.3 Å². The summed E-state index contributed by atoms with van der Waals surface area (Å²) in [6.07, 6.45) is 5.12. The molecule has 2 N–H and O–H groups in total. The zero-order chi connectivity index (χ0) is 15.7. The van der Waals surface area contributed by atoms with Crippen molar-refractivity contribution in [3.8, 4) is 0 Å². The van der Waals surface area contributed by atoms with Gasteiger partial charge in [0.15, 0.2) is 0 Å². The summed E-state index contributed by atoms with van der Waals surface area (Å²) in [4.78, 5) is 25.0. The number of urea groups is 1. The van der Waals surface area contributed by atoms with E-state index < -0.39 is 11.5 Å². The summed E-state index contributed by atoms with van der Waals surface area (Å²) in [7, 11) is 0. The van der Waals surface area contributed by atoms with E-state index in [1.54, 1.807) is 6.92 Å². The summed E-state index contributed by atoms with van der Waals surface area (Å²) in [6, 6.07) is -0.284. The number of rotatable bonds is 8. The predicted octanol–water partition coefficient (Wildman–Crippen LogP) is 2.23. The van der Waals surface area contributed by atoms with Gasteiger partial charge in [-0.05, 0) is 39.0 Å². The number of hydrogen-bond acceptors (Lipinski definition) is 3. The Kier molecular flexibility index (Phi) is 7.50. The van der Waals surface area contributed by atoms with Crippen LogP contribution < -0.4 is 5.32 Å². The number of nitrogens with zero attached hydrogens (tertiary/aromatic N) is 1. The largest absolute Gasteiger partial charge is 0.480 e. The Balaban J connectivity index is 2.31. The molecule has 1 rings (SSSR count). The minimum absolute atomic E-state index is 0.284. The SMILES string of the molecule is CCCCOCCCNC(=O)N1CCCCC1(C)C(=O)O. The van der Waals surface area contributed by atoms with Crippen molar-refractivity contribution >= 4 is 12.0 Å². The molecule has 0 radical (unpaired) electrons. The molecular weight excluding hydrogens is 272 g/mol. The molecule has 1 aliphatic rings. The molecule has 1 unspecified atom stereocenters. The number of piperidine rings is 1. The van der Waals surface area contributed by atoms with Gasteiger partial charge in [0, 0.05) is 26.3 Å². The maximum absolute atomic E-state index is 12.2. The van der Waals surface area contributed by atoms with Crippen LogP contribution in [0.3, 0.4) is 0 Å². The monoisotopic (exact) mass is 300 g/mol. The molecule has 122 valence electrons. The Labute approximate surface area is 126 Å². The summed E-state index contributed by atoms with van der Waals surface area (Å²) < 4.78 is 5.42. The predicted molar refractivity (Wildman–Crippen MR) is 80.3 cm³/mol. The van der Waals surface area contributed by atoms with Gasteiger partial charge in [-0.15, -0.1) is 0 Å². The fourth-order valence-corrected chi connectivity index (χ4v) is 2.48. The van der Waals surface area contributed by atoms with Crippen LogP contribution in [0.15, 0.2) is 0 Å². The molecule has 0 bridgehead atoms. The molecule has 1 atom stereocenters. The lowest BCUT2D eigenvalue weighted by Crippen LogP contribution is -2.60. The molecule has 0 aromatic carbocycles. The number of amides is 2. The highest BCUT2D eigenvalue weighted by Crippen LogP contribution is 2.28. The second-order valence-corrected chi connectivity index (χ2v) is 5.74. The first-order chi connectivity index (χ1) is 10.0. The first-order valence-corrected chi connectivity index (χ1v) is 7.89. The van der Waals surface area contributed by atoms with Gasteiger partial charge < -0.3 is 20.1 Å². The van der Waals surface area contributed by atoms with Crippen LogP contribution in [0.5, 0.6) is 0 Å². The van der Waals surface area contributed by atoms with E-state index in [0.717, 1.165) is 38.7 Å². The number of hydrogen-bond donors (Lipinski definition) is 2. The van der Waals surface area contributed by atoms with Gasteiger partial charge in [0.25, 0.3) is 0 Å². The number of carbonyl (C=O) groups is 2. The molecule has 0 saturated carbocycles. The number of aliphatic carboxylic acids is 1. The quantitative estimate of drug-likeness (QED) is 0.674. The molecule has 6 nitrogen and oxygen atoms in total. The summed E-state index contributed by atoms with van der Waals surface area (Å²) in [6.45, 7) is 6.13. The average Bonchev–Trinajstić information content (AvgIpc) is 2.46. The highest BCUT2D eigenvalue weighted by Gasteiger charge is 2.43. The molecule has 0 aliphatic carbocycles. The Morgan fingerprint density at radius 1 is 1.29 bits per heavy atom. The van der Waals surface area contributed by atoms with Crippen molar-refractivity contribution in [2.24, 2.45) is 0 Å². The van der Waals surface area contributed by atoms with E-state index in [1.165, 1.54) is 4.90 Å². The molecule has 2 amide bonds. The van der Waals surface area contributed by atoms with Gasteiger partial charge in [0.05, 0.1) is 0 Å². The molecule has 1 saturated heterocycles. The van der Waals surface area contributed by atoms with E-state index >= 15 is 0 Å². The molecule has 1 aliphatic heterocycles. The van der Waals surface area contributed by atoms with E-state index in [0.29, 0.717) is 26.1 Å². The van der Waals surface area contributed by atoms with Crippen molar-refractivity contribution < 1.29 is 19.4 Å². The minimum Gasteiger partial charge on any atom is -0.480 e. The number of unbranched alkanes of at least 4 members (excludes halogenated alkanes) is 1. The summed E-state index contributed by atoms with van der Waals surface area (Å²) >= 11 is 0. The normalized spacial score (nSPS) is 22.1. The fraction of sp³-hybridized carbons (Fsp3) is 0.867. The third-order valence-electron chi connectivity index (χ3n) is 3.98. The van der Waals surface area contributed by atoms with E-state index in [-0.39, 0.29) is 6.03 Å². The lowest BCUT2D eigenvalue weighted by Gasteiger charge is -2.41. The lowest BCUT2D eigenvalue weighted by atomic mass is 9.89. The first kappa shape index (κ1) is 17.8. The molecule has 6 heteroatoms. The molecule has 0 aromatic rings. The zero-order valence-corrected chi connectivity index (χ0v) is 13.2. The van der Waals surface area contributed by atoms with Crippen LogP contribution in [0.4, 0.5) is 4.79 Å². The van der Waals surface area contributed by atoms with Gasteiger partial charge in [-0.25, -0.2) is 9.59 Å². The van der Waals surface area contributed by atoms with Crippen LogP contribution in [0.1, 0.15) is 52.4 Å². The van der Waals surface area contributed by atoms with Crippen molar-refractivity contribution in [2.75, 3.05) is 26.3 Å². The van der Waals surface area contributed by atoms with Crippen molar-refractivity contribution in [2.45, 2.75) is 57.9 Å². The number of nitrogens with one attached hydrogen (secondary N) is 1. The third kappa shape index (κ3) is 5.19. The van der Waals surface area contributed by atoms with E-state index in [1.807, 2.05) is 0 Å². The molecule has 0 aromatic heterocycles. The van der Waals surface area contributed by atoms with Crippen LogP contribution >= 0.6 is 0 Å². The number of likely N-dealkylation sites (tertiary alicyclic amines) is 1. The number of carboxylic acid groups (broad SMARTS) is 1. The van der Waals surface area contributed by atoms with Crippen LogP contribution in [0.2, 0.25) is 0 Å². The molecule has 1 heterocycles. The second-order valence-electron chi connectivity index (χ2n) is 5.74. The zero-order valence-electron chi connectivity index (χ0n) is 13.2. The summed E-state index contributed by atoms with van der Waals surface area (Å²) in [5.41, 5.74) is -1.08. The second kappa shape index (κ2) is 8.87. The van der Waals surface area contributed by atoms with Gasteiger partial charge >= 0.3 is 12.0 Å². The van der Waals surface area contributed by atoms with E-state index in [9.17, 15) is 14.7 Å². The summed E-state index contributed by atoms with van der Waals surface area (Å²) in [5, 5.41) is 12.2. The van der Waals surface area contributed by atoms with Crippen LogP contribution in [-0.2, 0) is 9.53 Å². The van der Waals surface area contributed by atoms with Gasteiger partial charge in [0.1, 0.15) is 5.54 Å². The topological polar surface area (TPSA) is 78.9 Å². The van der Waals surface area contributed by atoms with Crippen molar-refractivity contribution in [1.29, 1.82) is 0 Å². The highest BCUT2D eigenvalue weighted by atomic mass is 16.5. The maximum atomic E-state index is 12.2. The molecule has 1 fully saturated rings. The average molecular weight is 300 g/mol. The van der Waals surface area contributed by atoms with E-state index in [2.05, 4.69) is 12.2 Å². The Bertz CT molecular complexity index is 349. The molecular formula is C15H28N2O4. The summed E-state index contributed by atoms with van der Waals surface area (Å²) in [5.74, 6) is -0.930. The Morgan fingerprint density at radius 3 is 2.67 bits per heavy atom. The van der Waals surface area contributed by atoms with Crippen molar-refractivity contribution in [3.05, 3.63) is 0 Å². The number of carboxylic acids is 1. The van der Waals surface area contributed by atoms with Gasteiger partial charge in [-0.2, -0.15) is 0 Å². The molecule has 0 spiro atoms. The maximum Gasteiger partial charge on any atom is 0.329 e. The van der Waals surface area contributed by atoms with Gasteiger partial charge in [0.2, 0.25) is 0 Å². The van der Waals surface area contributed by atoms with Crippen LogP contribution in [0.25, 0.3) is 0 Å². The lowest BCUT2D eigenvalue weighted by molar-refractivity contribution is -0.150. The highest BCUT2D eigenvalue weighted by molar-refractivity contribution is 5.86. The Hall–Kier alpha value is -1.30. The minimum atomic E-state index is -1.08. The van der Waals surface area contributed by atoms with Crippen LogP contribution in [-0.4, -0.2) is 53.8 Å². The van der Waals surface area contributed by atoms with Crippen LogP contribution in [0, 0.1) is 0 Å². The number of carbonyl (C=O) groups excluding carboxylic acids is 1. The fourth-order valence-electron chi connectivity index (χ4n) is 2.48. The smallest absolute Gasteiger partial charge is 0.329 e. The Morgan fingerprint density at radius 2 is 2.00 bits per heavy atom. The first-order valence-electron chi connectivity index (χ1n) is 7.89. The van der Waals surface area contributed by atoms with Gasteiger partial charge in [-0.3, -0.25) is 0 Å². The molecule has 21 heavy (non-hydrogen) atoms. The van der Waals surface area contributed by atoms with E-state index in [4.69, 9.17) is 4.74 Å². The number of ether oxygens (including phenoxy) is 1. The van der Waals surface area contributed by atoms with Crippen molar-refractivity contribution in [3.63, 3.8) is 0 Å². The third-order valence-corrected chi connectivity index (χ3v) is 3.98.